The van der Waals surface area contributed by atoms with Gasteiger partial charge in [-0.15, -0.1) is 0 Å². The molecule has 4 unspecified atom stereocenters. The van der Waals surface area contributed by atoms with E-state index in [2.05, 4.69) is 0 Å². The molecule has 2 saturated heterocycles. The van der Waals surface area contributed by atoms with Gasteiger partial charge < -0.3 is 9.47 Å². The molecule has 2 heterocycles. The predicted molar refractivity (Wildman–Crippen MR) is 122 cm³/mol. The van der Waals surface area contributed by atoms with Crippen molar-refractivity contribution in [3.05, 3.63) is 70.8 Å². The number of ether oxygens (including phenoxy) is 2. The first-order valence-electron chi connectivity index (χ1n) is 11.4. The van der Waals surface area contributed by atoms with Crippen LogP contribution in [0.4, 0.5) is 8.78 Å². The van der Waals surface area contributed by atoms with Crippen molar-refractivity contribution in [2.24, 2.45) is 5.92 Å². The average Bonchev–Trinajstić information content (AvgIpc) is 2.83. The Bertz CT molecular complexity index is 1140. The van der Waals surface area contributed by atoms with Crippen molar-refractivity contribution in [2.45, 2.75) is 49.9 Å². The van der Waals surface area contributed by atoms with E-state index >= 15 is 8.78 Å². The Balaban J connectivity index is 1.62. The Hall–Kier alpha value is -2.36. The number of nitrogens with zero attached hydrogens (tertiary/aromatic N) is 1. The van der Waals surface area contributed by atoms with E-state index in [-0.39, 0.29) is 30.3 Å². The number of esters is 1. The number of benzene rings is 2. The SMILES string of the molecule is COC(=O)C1CCOCC1c1cc(F)c(CN2C(C)CCC(c3ccccc3)S2(=O)=O)cc1F. The molecule has 4 atom stereocenters. The predicted octanol–water partition coefficient (Wildman–Crippen LogP) is 4.31. The summed E-state index contributed by atoms with van der Waals surface area (Å²) in [6.07, 6.45) is 1.43. The molecular formula is C25H29F2NO5S. The Morgan fingerprint density at radius 3 is 2.56 bits per heavy atom. The maximum absolute atomic E-state index is 15.2. The van der Waals surface area contributed by atoms with E-state index in [9.17, 15) is 13.2 Å². The highest BCUT2D eigenvalue weighted by Gasteiger charge is 2.41. The van der Waals surface area contributed by atoms with Crippen molar-refractivity contribution in [1.29, 1.82) is 0 Å². The van der Waals surface area contributed by atoms with E-state index in [0.29, 0.717) is 31.4 Å². The molecule has 34 heavy (non-hydrogen) atoms. The smallest absolute Gasteiger partial charge is 0.309 e. The first-order valence-corrected chi connectivity index (χ1v) is 12.9. The quantitative estimate of drug-likeness (QED) is 0.581. The fourth-order valence-corrected chi connectivity index (χ4v) is 7.19. The average molecular weight is 494 g/mol. The van der Waals surface area contributed by atoms with Crippen LogP contribution in [0, 0.1) is 17.6 Å². The molecule has 9 heteroatoms. The van der Waals surface area contributed by atoms with E-state index in [0.717, 1.165) is 12.1 Å². The highest BCUT2D eigenvalue weighted by molar-refractivity contribution is 7.89. The summed E-state index contributed by atoms with van der Waals surface area (Å²) >= 11 is 0. The van der Waals surface area contributed by atoms with Crippen LogP contribution in [0.5, 0.6) is 0 Å². The van der Waals surface area contributed by atoms with Gasteiger partial charge in [-0.05, 0) is 49.4 Å². The van der Waals surface area contributed by atoms with Crippen LogP contribution in [0.1, 0.15) is 54.0 Å². The molecule has 0 bridgehead atoms. The van der Waals surface area contributed by atoms with E-state index < -0.39 is 44.7 Å². The normalized spacial score (nSPS) is 27.3. The molecule has 0 aliphatic carbocycles. The lowest BCUT2D eigenvalue weighted by Crippen LogP contribution is -2.44. The third kappa shape index (κ3) is 4.74. The first-order chi connectivity index (χ1) is 16.2. The van der Waals surface area contributed by atoms with Crippen LogP contribution in [-0.4, -0.2) is 45.1 Å². The topological polar surface area (TPSA) is 72.9 Å². The minimum Gasteiger partial charge on any atom is -0.469 e. The van der Waals surface area contributed by atoms with Gasteiger partial charge in [-0.25, -0.2) is 17.2 Å². The van der Waals surface area contributed by atoms with Gasteiger partial charge >= 0.3 is 5.97 Å². The van der Waals surface area contributed by atoms with Crippen LogP contribution in [0.15, 0.2) is 42.5 Å². The maximum Gasteiger partial charge on any atom is 0.309 e. The molecule has 0 spiro atoms. The zero-order valence-corrected chi connectivity index (χ0v) is 20.1. The van der Waals surface area contributed by atoms with E-state index in [1.54, 1.807) is 31.2 Å². The number of carbonyl (C=O) groups excluding carboxylic acids is 1. The molecule has 2 aliphatic rings. The summed E-state index contributed by atoms with van der Waals surface area (Å²) in [5.74, 6) is -3.20. The maximum atomic E-state index is 15.2. The van der Waals surface area contributed by atoms with Crippen LogP contribution in [0.2, 0.25) is 0 Å². The molecule has 0 saturated carbocycles. The van der Waals surface area contributed by atoms with Gasteiger partial charge in [0.15, 0.2) is 0 Å². The van der Waals surface area contributed by atoms with Crippen LogP contribution in [0.3, 0.4) is 0 Å². The summed E-state index contributed by atoms with van der Waals surface area (Å²) in [6.45, 7) is 1.93. The third-order valence-corrected chi connectivity index (χ3v) is 9.32. The van der Waals surface area contributed by atoms with Crippen molar-refractivity contribution >= 4 is 16.0 Å². The number of methoxy groups -OCH3 is 1. The lowest BCUT2D eigenvalue weighted by Gasteiger charge is -2.37. The van der Waals surface area contributed by atoms with Gasteiger partial charge in [0.05, 0.1) is 19.6 Å². The molecule has 2 aromatic rings. The van der Waals surface area contributed by atoms with Gasteiger partial charge in [-0.3, -0.25) is 4.79 Å². The lowest BCUT2D eigenvalue weighted by atomic mass is 9.82. The van der Waals surface area contributed by atoms with Gasteiger partial charge in [0.2, 0.25) is 10.0 Å². The second kappa shape index (κ2) is 10.1. The Kier molecular flexibility index (Phi) is 7.35. The van der Waals surface area contributed by atoms with Crippen molar-refractivity contribution in [3.63, 3.8) is 0 Å². The van der Waals surface area contributed by atoms with Crippen LogP contribution < -0.4 is 0 Å². The molecule has 2 aromatic carbocycles. The number of rotatable bonds is 5. The largest absolute Gasteiger partial charge is 0.469 e. The van der Waals surface area contributed by atoms with Gasteiger partial charge in [0.1, 0.15) is 16.9 Å². The highest BCUT2D eigenvalue weighted by Crippen LogP contribution is 2.39. The second-order valence-electron chi connectivity index (χ2n) is 8.98. The third-order valence-electron chi connectivity index (χ3n) is 6.95. The van der Waals surface area contributed by atoms with Crippen LogP contribution in [-0.2, 0) is 30.8 Å². The van der Waals surface area contributed by atoms with E-state index in [1.165, 1.54) is 11.4 Å². The van der Waals surface area contributed by atoms with Crippen molar-refractivity contribution in [1.82, 2.24) is 4.31 Å². The van der Waals surface area contributed by atoms with Crippen molar-refractivity contribution in [3.8, 4) is 0 Å². The second-order valence-corrected chi connectivity index (χ2v) is 11.0. The van der Waals surface area contributed by atoms with E-state index in [4.69, 9.17) is 9.47 Å². The number of hydrogen-bond donors (Lipinski definition) is 0. The molecular weight excluding hydrogens is 464 g/mol. The Labute approximate surface area is 198 Å². The number of sulfonamides is 1. The molecule has 6 nitrogen and oxygen atoms in total. The minimum atomic E-state index is -3.79. The fourth-order valence-electron chi connectivity index (χ4n) is 5.01. The molecule has 2 fully saturated rings. The molecule has 0 amide bonds. The van der Waals surface area contributed by atoms with Crippen molar-refractivity contribution < 1.29 is 31.5 Å². The van der Waals surface area contributed by atoms with Gasteiger partial charge in [0, 0.05) is 30.7 Å². The molecule has 0 radical (unpaired) electrons. The standard InChI is InChI=1S/C25H29F2NO5S/c1-16-8-9-24(17-6-4-3-5-7-17)34(30,31)28(16)14-18-12-23(27)20(13-22(18)26)21-15-33-11-10-19(21)25(29)32-2/h3-7,12-13,16,19,21,24H,8-11,14-15H2,1-2H3. The Morgan fingerprint density at radius 2 is 1.85 bits per heavy atom. The monoisotopic (exact) mass is 493 g/mol. The summed E-state index contributed by atoms with van der Waals surface area (Å²) in [4.78, 5) is 12.2. The molecule has 4 rings (SSSR count). The number of halogens is 2. The molecule has 0 aromatic heterocycles. The molecule has 2 aliphatic heterocycles. The summed E-state index contributed by atoms with van der Waals surface area (Å²) in [5.41, 5.74) is 0.678. The molecule has 0 N–H and O–H groups in total. The lowest BCUT2D eigenvalue weighted by molar-refractivity contribution is -0.149. The summed E-state index contributed by atoms with van der Waals surface area (Å²) in [7, 11) is -2.52. The zero-order valence-electron chi connectivity index (χ0n) is 19.2. The van der Waals surface area contributed by atoms with Crippen LogP contribution >= 0.6 is 0 Å². The fraction of sp³-hybridized carbons (Fsp3) is 0.480. The van der Waals surface area contributed by atoms with Gasteiger partial charge in [0.25, 0.3) is 0 Å². The number of carbonyl (C=O) groups is 1. The zero-order chi connectivity index (χ0) is 24.5. The van der Waals surface area contributed by atoms with Gasteiger partial charge in [-0.1, -0.05) is 30.3 Å². The number of hydrogen-bond acceptors (Lipinski definition) is 5. The summed E-state index contributed by atoms with van der Waals surface area (Å²) in [6, 6.07) is 10.7. The summed E-state index contributed by atoms with van der Waals surface area (Å²) in [5, 5.41) is -0.725. The summed E-state index contributed by atoms with van der Waals surface area (Å²) < 4.78 is 68.8. The highest BCUT2D eigenvalue weighted by atomic mass is 32.2. The van der Waals surface area contributed by atoms with Crippen molar-refractivity contribution in [2.75, 3.05) is 20.3 Å². The van der Waals surface area contributed by atoms with Crippen LogP contribution in [0.25, 0.3) is 0 Å². The van der Waals surface area contributed by atoms with E-state index in [1.807, 2.05) is 6.07 Å². The molecule has 184 valence electrons. The minimum absolute atomic E-state index is 0.0352. The first kappa shape index (κ1) is 24.8. The Morgan fingerprint density at radius 1 is 1.12 bits per heavy atom. The van der Waals surface area contributed by atoms with Gasteiger partial charge in [-0.2, -0.15) is 4.31 Å².